The highest BCUT2D eigenvalue weighted by molar-refractivity contribution is 5.97. The molecule has 2 aliphatic rings. The molecular weight excluding hydrogens is 240 g/mol. The van der Waals surface area contributed by atoms with Gasteiger partial charge in [-0.1, -0.05) is 6.07 Å². The Morgan fingerprint density at radius 2 is 2.32 bits per heavy atom. The Balaban J connectivity index is 1.88. The van der Waals surface area contributed by atoms with Crippen LogP contribution in [0, 0.1) is 0 Å². The van der Waals surface area contributed by atoms with E-state index in [0.29, 0.717) is 19.5 Å². The van der Waals surface area contributed by atoms with E-state index in [9.17, 15) is 9.90 Å². The van der Waals surface area contributed by atoms with Gasteiger partial charge in [0, 0.05) is 30.9 Å². The van der Waals surface area contributed by atoms with Crippen LogP contribution in [-0.2, 0) is 6.42 Å². The minimum absolute atomic E-state index is 0.0540. The number of likely N-dealkylation sites (tertiary alicyclic amines) is 1. The minimum atomic E-state index is -0.733. The summed E-state index contributed by atoms with van der Waals surface area (Å²) in [7, 11) is 0. The smallest absolute Gasteiger partial charge is 0.254 e. The number of anilines is 1. The number of β-amino-alcohol motifs (C(OH)–C–C–N with tert-alkyl or cyclic N) is 1. The number of nitrogens with one attached hydrogen (secondary N) is 1. The molecule has 3 rings (SSSR count). The van der Waals surface area contributed by atoms with Crippen molar-refractivity contribution in [1.29, 1.82) is 0 Å². The Kier molecular flexibility index (Phi) is 2.97. The number of aliphatic hydroxyl groups is 1. The Morgan fingerprint density at radius 3 is 3.05 bits per heavy atom. The molecule has 1 saturated heterocycles. The largest absolute Gasteiger partial charge is 0.388 e. The van der Waals surface area contributed by atoms with Gasteiger partial charge in [-0.15, -0.1) is 0 Å². The normalized spacial score (nSPS) is 25.9. The third-order valence-corrected chi connectivity index (χ3v) is 4.06. The van der Waals surface area contributed by atoms with Crippen molar-refractivity contribution in [3.63, 3.8) is 0 Å². The first-order valence-electron chi connectivity index (χ1n) is 6.94. The molecule has 1 aromatic rings. The molecular formula is C15H20N2O2. The molecule has 2 aliphatic heterocycles. The number of hydrogen-bond donors (Lipinski definition) is 2. The zero-order chi connectivity index (χ0) is 13.5. The summed E-state index contributed by atoms with van der Waals surface area (Å²) < 4.78 is 0. The third kappa shape index (κ3) is 2.32. The number of carbonyl (C=O) groups excluding carboxylic acids is 1. The van der Waals surface area contributed by atoms with E-state index in [4.69, 9.17) is 0 Å². The second-order valence-electron chi connectivity index (χ2n) is 5.84. The van der Waals surface area contributed by atoms with Crippen molar-refractivity contribution in [3.05, 3.63) is 29.3 Å². The molecule has 0 aromatic heterocycles. The van der Waals surface area contributed by atoms with Crippen LogP contribution in [0.25, 0.3) is 0 Å². The van der Waals surface area contributed by atoms with Crippen LogP contribution < -0.4 is 5.32 Å². The molecule has 1 amide bonds. The molecule has 19 heavy (non-hydrogen) atoms. The van der Waals surface area contributed by atoms with Gasteiger partial charge in [0.05, 0.1) is 5.60 Å². The Morgan fingerprint density at radius 1 is 1.47 bits per heavy atom. The van der Waals surface area contributed by atoms with E-state index in [1.54, 1.807) is 11.8 Å². The standard InChI is InChI=1S/C15H20N2O2/c1-15(19)7-9-17(10-15)14(18)12-4-2-6-13-11(12)5-3-8-16-13/h2,4,6,16,19H,3,5,7-10H2,1H3. The second-order valence-corrected chi connectivity index (χ2v) is 5.84. The van der Waals surface area contributed by atoms with Gasteiger partial charge in [0.1, 0.15) is 0 Å². The van der Waals surface area contributed by atoms with Crippen LogP contribution in [0.4, 0.5) is 5.69 Å². The van der Waals surface area contributed by atoms with Gasteiger partial charge in [-0.05, 0) is 43.9 Å². The minimum Gasteiger partial charge on any atom is -0.388 e. The quantitative estimate of drug-likeness (QED) is 0.807. The highest BCUT2D eigenvalue weighted by atomic mass is 16.3. The van der Waals surface area contributed by atoms with E-state index in [-0.39, 0.29) is 5.91 Å². The molecule has 1 aromatic carbocycles. The number of amides is 1. The van der Waals surface area contributed by atoms with Crippen LogP contribution in [0.2, 0.25) is 0 Å². The molecule has 2 N–H and O–H groups in total. The molecule has 0 spiro atoms. The fourth-order valence-electron chi connectivity index (χ4n) is 3.00. The molecule has 0 aliphatic carbocycles. The topological polar surface area (TPSA) is 52.6 Å². The van der Waals surface area contributed by atoms with Gasteiger partial charge in [-0.3, -0.25) is 4.79 Å². The molecule has 0 saturated carbocycles. The van der Waals surface area contributed by atoms with Crippen molar-refractivity contribution < 1.29 is 9.90 Å². The van der Waals surface area contributed by atoms with Crippen LogP contribution in [0.15, 0.2) is 18.2 Å². The molecule has 4 nitrogen and oxygen atoms in total. The first kappa shape index (κ1) is 12.5. The molecule has 4 heteroatoms. The molecule has 1 atom stereocenters. The fraction of sp³-hybridized carbons (Fsp3) is 0.533. The van der Waals surface area contributed by atoms with Crippen LogP contribution in [0.3, 0.4) is 0 Å². The molecule has 1 fully saturated rings. The lowest BCUT2D eigenvalue weighted by molar-refractivity contribution is 0.0571. The number of benzene rings is 1. The number of rotatable bonds is 1. The van der Waals surface area contributed by atoms with Crippen molar-refractivity contribution in [2.45, 2.75) is 31.8 Å². The predicted molar refractivity (Wildman–Crippen MR) is 74.4 cm³/mol. The Hall–Kier alpha value is -1.55. The first-order chi connectivity index (χ1) is 9.07. The van der Waals surface area contributed by atoms with Crippen LogP contribution in [0.5, 0.6) is 0 Å². The van der Waals surface area contributed by atoms with Crippen molar-refractivity contribution in [2.75, 3.05) is 25.0 Å². The third-order valence-electron chi connectivity index (χ3n) is 4.06. The summed E-state index contributed by atoms with van der Waals surface area (Å²) in [5.74, 6) is 0.0540. The van der Waals surface area contributed by atoms with E-state index in [1.165, 1.54) is 0 Å². The molecule has 0 radical (unpaired) electrons. The lowest BCUT2D eigenvalue weighted by atomic mass is 9.97. The van der Waals surface area contributed by atoms with Crippen LogP contribution in [0.1, 0.15) is 35.7 Å². The summed E-state index contributed by atoms with van der Waals surface area (Å²) in [5, 5.41) is 13.3. The van der Waals surface area contributed by atoms with Crippen molar-refractivity contribution >= 4 is 11.6 Å². The number of hydrogen-bond acceptors (Lipinski definition) is 3. The SMILES string of the molecule is CC1(O)CCN(C(=O)c2cccc3c2CCCN3)C1. The van der Waals surface area contributed by atoms with E-state index in [1.807, 2.05) is 18.2 Å². The highest BCUT2D eigenvalue weighted by Crippen LogP contribution is 2.28. The van der Waals surface area contributed by atoms with Gasteiger partial charge in [0.15, 0.2) is 0 Å². The van der Waals surface area contributed by atoms with Crippen molar-refractivity contribution in [3.8, 4) is 0 Å². The Bertz CT molecular complexity index is 511. The zero-order valence-corrected chi connectivity index (χ0v) is 11.3. The lowest BCUT2D eigenvalue weighted by Gasteiger charge is -2.24. The van der Waals surface area contributed by atoms with E-state index >= 15 is 0 Å². The number of nitrogens with zero attached hydrogens (tertiary/aromatic N) is 1. The summed E-state index contributed by atoms with van der Waals surface area (Å²) in [6.07, 6.45) is 2.68. The van der Waals surface area contributed by atoms with Crippen LogP contribution >= 0.6 is 0 Å². The summed E-state index contributed by atoms with van der Waals surface area (Å²) in [6.45, 7) is 3.84. The second kappa shape index (κ2) is 4.53. The molecule has 0 bridgehead atoms. The number of fused-ring (bicyclic) bond motifs is 1. The number of carbonyl (C=O) groups is 1. The fourth-order valence-corrected chi connectivity index (χ4v) is 3.00. The Labute approximate surface area is 113 Å². The summed E-state index contributed by atoms with van der Waals surface area (Å²) >= 11 is 0. The van der Waals surface area contributed by atoms with E-state index in [0.717, 1.165) is 36.2 Å². The maximum absolute atomic E-state index is 12.6. The van der Waals surface area contributed by atoms with Crippen LogP contribution in [-0.4, -0.2) is 41.1 Å². The van der Waals surface area contributed by atoms with E-state index < -0.39 is 5.60 Å². The van der Waals surface area contributed by atoms with Gasteiger partial charge < -0.3 is 15.3 Å². The van der Waals surface area contributed by atoms with Gasteiger partial charge >= 0.3 is 0 Å². The van der Waals surface area contributed by atoms with Gasteiger partial charge in [0.25, 0.3) is 5.91 Å². The molecule has 102 valence electrons. The summed E-state index contributed by atoms with van der Waals surface area (Å²) in [4.78, 5) is 14.4. The average Bonchev–Trinajstić information content (AvgIpc) is 2.78. The van der Waals surface area contributed by atoms with Crippen molar-refractivity contribution in [1.82, 2.24) is 4.90 Å². The molecule has 1 unspecified atom stereocenters. The summed E-state index contributed by atoms with van der Waals surface area (Å²) in [6, 6.07) is 5.87. The van der Waals surface area contributed by atoms with Gasteiger partial charge in [-0.25, -0.2) is 0 Å². The lowest BCUT2D eigenvalue weighted by Crippen LogP contribution is -2.34. The monoisotopic (exact) mass is 260 g/mol. The van der Waals surface area contributed by atoms with Gasteiger partial charge in [-0.2, -0.15) is 0 Å². The average molecular weight is 260 g/mol. The maximum Gasteiger partial charge on any atom is 0.254 e. The van der Waals surface area contributed by atoms with E-state index in [2.05, 4.69) is 5.32 Å². The maximum atomic E-state index is 12.6. The summed E-state index contributed by atoms with van der Waals surface area (Å²) in [5.41, 5.74) is 2.28. The zero-order valence-electron chi connectivity index (χ0n) is 11.3. The van der Waals surface area contributed by atoms with Crippen molar-refractivity contribution in [2.24, 2.45) is 0 Å². The highest BCUT2D eigenvalue weighted by Gasteiger charge is 2.35. The predicted octanol–water partition coefficient (Wildman–Crippen LogP) is 1.64. The first-order valence-corrected chi connectivity index (χ1v) is 6.94. The van der Waals surface area contributed by atoms with Gasteiger partial charge in [0.2, 0.25) is 0 Å². The molecule has 2 heterocycles.